The summed E-state index contributed by atoms with van der Waals surface area (Å²) in [5, 5.41) is 11.8. The fourth-order valence-corrected chi connectivity index (χ4v) is 6.01. The summed E-state index contributed by atoms with van der Waals surface area (Å²) >= 11 is 8.40. The number of hydrogen-bond acceptors (Lipinski definition) is 3. The molecule has 1 atom stereocenters. The summed E-state index contributed by atoms with van der Waals surface area (Å²) in [6.45, 7) is 3.97. The molecule has 1 unspecified atom stereocenters. The lowest BCUT2D eigenvalue weighted by atomic mass is 9.83. The molecule has 146 valence electrons. The van der Waals surface area contributed by atoms with Crippen molar-refractivity contribution in [2.24, 2.45) is 0 Å². The topological polar surface area (TPSA) is 50.2 Å². The second-order valence-corrected chi connectivity index (χ2v) is 9.03. The quantitative estimate of drug-likeness (QED) is 0.501. The Morgan fingerprint density at radius 2 is 2.04 bits per heavy atom. The number of rotatable bonds is 5. The van der Waals surface area contributed by atoms with Crippen molar-refractivity contribution in [2.75, 3.05) is 0 Å². The molecular formula is C23H24ClNO2S. The molecule has 0 spiro atoms. The number of aryl methyl sites for hydroxylation is 3. The van der Waals surface area contributed by atoms with Crippen molar-refractivity contribution < 1.29 is 9.90 Å². The van der Waals surface area contributed by atoms with Crippen molar-refractivity contribution in [3.05, 3.63) is 51.0 Å². The Labute approximate surface area is 174 Å². The lowest BCUT2D eigenvalue weighted by molar-refractivity contribution is -0.139. The van der Waals surface area contributed by atoms with E-state index in [1.165, 1.54) is 23.3 Å². The minimum atomic E-state index is -0.788. The lowest BCUT2D eigenvalue weighted by Crippen LogP contribution is -2.15. The zero-order valence-corrected chi connectivity index (χ0v) is 17.8. The Morgan fingerprint density at radius 3 is 2.75 bits per heavy atom. The van der Waals surface area contributed by atoms with Crippen LogP contribution in [0.4, 0.5) is 0 Å². The van der Waals surface area contributed by atoms with Gasteiger partial charge in [-0.05, 0) is 61.8 Å². The molecule has 1 aliphatic carbocycles. The molecule has 3 nitrogen and oxygen atoms in total. The van der Waals surface area contributed by atoms with Crippen molar-refractivity contribution in [1.82, 2.24) is 4.98 Å². The second kappa shape index (κ2) is 7.84. The van der Waals surface area contributed by atoms with Gasteiger partial charge in [0.15, 0.2) is 0 Å². The zero-order chi connectivity index (χ0) is 19.8. The van der Waals surface area contributed by atoms with E-state index in [1.54, 1.807) is 11.3 Å². The van der Waals surface area contributed by atoms with Crippen molar-refractivity contribution >= 4 is 39.1 Å². The van der Waals surface area contributed by atoms with Crippen LogP contribution in [0.2, 0.25) is 5.02 Å². The Hall–Kier alpha value is -1.91. The predicted octanol–water partition coefficient (Wildman–Crippen LogP) is 6.77. The first-order valence-corrected chi connectivity index (χ1v) is 11.1. The van der Waals surface area contributed by atoms with E-state index in [9.17, 15) is 9.90 Å². The van der Waals surface area contributed by atoms with E-state index in [1.807, 2.05) is 38.1 Å². The second-order valence-electron chi connectivity index (χ2n) is 7.54. The lowest BCUT2D eigenvalue weighted by Gasteiger charge is -2.22. The first-order chi connectivity index (χ1) is 13.5. The maximum absolute atomic E-state index is 12.2. The molecule has 0 saturated heterocycles. The van der Waals surface area contributed by atoms with E-state index in [-0.39, 0.29) is 0 Å². The van der Waals surface area contributed by atoms with Crippen molar-refractivity contribution in [3.63, 3.8) is 0 Å². The average molecular weight is 414 g/mol. The predicted molar refractivity (Wildman–Crippen MR) is 117 cm³/mol. The molecule has 0 aliphatic heterocycles. The summed E-state index contributed by atoms with van der Waals surface area (Å²) in [4.78, 5) is 19.5. The van der Waals surface area contributed by atoms with Crippen molar-refractivity contribution in [1.29, 1.82) is 0 Å². The van der Waals surface area contributed by atoms with E-state index in [4.69, 9.17) is 16.6 Å². The van der Waals surface area contributed by atoms with E-state index in [0.717, 1.165) is 51.9 Å². The van der Waals surface area contributed by atoms with Gasteiger partial charge in [-0.25, -0.2) is 4.98 Å². The Bertz CT molecular complexity index is 1060. The van der Waals surface area contributed by atoms with Gasteiger partial charge in [-0.2, -0.15) is 0 Å². The molecule has 3 aromatic rings. The number of aliphatic carboxylic acids is 1. The largest absolute Gasteiger partial charge is 0.481 e. The SMILES string of the molecule is CCCC(C(=O)O)c1c(C)nc2sc3c(c2c1-c1ccccc1Cl)CCCC3. The summed E-state index contributed by atoms with van der Waals surface area (Å²) < 4.78 is 0. The molecule has 0 amide bonds. The van der Waals surface area contributed by atoms with Crippen LogP contribution in [0.5, 0.6) is 0 Å². The van der Waals surface area contributed by atoms with Crippen LogP contribution in [0.15, 0.2) is 24.3 Å². The molecule has 4 rings (SSSR count). The molecule has 0 saturated carbocycles. The Kier molecular flexibility index (Phi) is 5.44. The van der Waals surface area contributed by atoms with Crippen LogP contribution >= 0.6 is 22.9 Å². The van der Waals surface area contributed by atoms with Crippen molar-refractivity contribution in [3.8, 4) is 11.1 Å². The van der Waals surface area contributed by atoms with Crippen LogP contribution in [0.25, 0.3) is 21.3 Å². The maximum atomic E-state index is 12.2. The molecule has 5 heteroatoms. The maximum Gasteiger partial charge on any atom is 0.311 e. The number of aromatic nitrogens is 1. The summed E-state index contributed by atoms with van der Waals surface area (Å²) in [7, 11) is 0. The van der Waals surface area contributed by atoms with Crippen LogP contribution in [-0.4, -0.2) is 16.1 Å². The number of carbonyl (C=O) groups is 1. The molecule has 0 fully saturated rings. The van der Waals surface area contributed by atoms with Gasteiger partial charge in [0.2, 0.25) is 0 Å². The first-order valence-electron chi connectivity index (χ1n) is 9.95. The standard InChI is InChI=1S/C23H24ClNO2S/c1-3-8-16(23(26)27)19-13(2)25-22-21(15-10-5-7-12-18(15)28-22)20(19)14-9-4-6-11-17(14)24/h4,6,9,11,16H,3,5,7-8,10,12H2,1-2H3,(H,26,27). The van der Waals surface area contributed by atoms with E-state index in [0.29, 0.717) is 11.4 Å². The van der Waals surface area contributed by atoms with E-state index in [2.05, 4.69) is 0 Å². The number of carboxylic acids is 1. The number of fused-ring (bicyclic) bond motifs is 3. The van der Waals surface area contributed by atoms with Crippen LogP contribution in [-0.2, 0) is 17.6 Å². The molecule has 1 aromatic carbocycles. The highest BCUT2D eigenvalue weighted by Gasteiger charge is 2.30. The molecule has 28 heavy (non-hydrogen) atoms. The number of benzene rings is 1. The third-order valence-electron chi connectivity index (χ3n) is 5.70. The van der Waals surface area contributed by atoms with Gasteiger partial charge in [0.05, 0.1) is 5.92 Å². The number of hydrogen-bond donors (Lipinski definition) is 1. The van der Waals surface area contributed by atoms with Gasteiger partial charge in [0.1, 0.15) is 4.83 Å². The summed E-state index contributed by atoms with van der Waals surface area (Å²) in [6.07, 6.45) is 5.89. The monoisotopic (exact) mass is 413 g/mol. The third-order valence-corrected chi connectivity index (χ3v) is 7.21. The molecule has 2 aromatic heterocycles. The van der Waals surface area contributed by atoms with E-state index >= 15 is 0 Å². The van der Waals surface area contributed by atoms with Crippen LogP contribution in [0.3, 0.4) is 0 Å². The highest BCUT2D eigenvalue weighted by atomic mass is 35.5. The zero-order valence-electron chi connectivity index (χ0n) is 16.2. The molecule has 2 heterocycles. The smallest absolute Gasteiger partial charge is 0.311 e. The minimum absolute atomic E-state index is 0.577. The number of pyridine rings is 1. The molecular weight excluding hydrogens is 390 g/mol. The van der Waals surface area contributed by atoms with Gasteiger partial charge >= 0.3 is 5.97 Å². The summed E-state index contributed by atoms with van der Waals surface area (Å²) in [5.74, 6) is -1.36. The van der Waals surface area contributed by atoms with E-state index < -0.39 is 11.9 Å². The molecule has 1 aliphatic rings. The fraction of sp³-hybridized carbons (Fsp3) is 0.391. The molecule has 0 bridgehead atoms. The number of thiophene rings is 1. The van der Waals surface area contributed by atoms with Crippen molar-refractivity contribution in [2.45, 2.75) is 58.3 Å². The number of halogens is 1. The number of carboxylic acid groups (broad SMARTS) is 1. The summed E-state index contributed by atoms with van der Waals surface area (Å²) in [5.41, 5.74) is 4.91. The Balaban J connectivity index is 2.13. The first kappa shape index (κ1) is 19.4. The Morgan fingerprint density at radius 1 is 1.29 bits per heavy atom. The minimum Gasteiger partial charge on any atom is -0.481 e. The molecule has 0 radical (unpaired) electrons. The van der Waals surface area contributed by atoms with Gasteiger partial charge in [-0.1, -0.05) is 43.1 Å². The van der Waals surface area contributed by atoms with Gasteiger partial charge in [0.25, 0.3) is 0 Å². The van der Waals surface area contributed by atoms with Crippen LogP contribution < -0.4 is 0 Å². The third kappa shape index (κ3) is 3.23. The van der Waals surface area contributed by atoms with Crippen LogP contribution in [0, 0.1) is 6.92 Å². The van der Waals surface area contributed by atoms with Crippen LogP contribution in [0.1, 0.15) is 60.2 Å². The van der Waals surface area contributed by atoms with Gasteiger partial charge in [0, 0.05) is 26.5 Å². The highest BCUT2D eigenvalue weighted by molar-refractivity contribution is 7.19. The molecule has 1 N–H and O–H groups in total. The van der Waals surface area contributed by atoms with Gasteiger partial charge in [-0.3, -0.25) is 4.79 Å². The average Bonchev–Trinajstić information content (AvgIpc) is 3.03. The van der Waals surface area contributed by atoms with Gasteiger partial charge < -0.3 is 5.11 Å². The fourth-order valence-electron chi connectivity index (χ4n) is 4.47. The number of nitrogens with zero attached hydrogens (tertiary/aromatic N) is 1. The normalized spacial score (nSPS) is 14.8. The highest BCUT2D eigenvalue weighted by Crippen LogP contribution is 2.47. The van der Waals surface area contributed by atoms with Gasteiger partial charge in [-0.15, -0.1) is 11.3 Å². The summed E-state index contributed by atoms with van der Waals surface area (Å²) in [6, 6.07) is 7.79.